The molecule has 0 bridgehead atoms. The molecule has 0 spiro atoms. The molecule has 3 N–H and O–H groups in total. The van der Waals surface area contributed by atoms with Gasteiger partial charge in [-0.2, -0.15) is 0 Å². The zero-order valence-corrected chi connectivity index (χ0v) is 16.7. The number of benzene rings is 1. The van der Waals surface area contributed by atoms with Crippen molar-refractivity contribution in [3.8, 4) is 0 Å². The third-order valence-corrected chi connectivity index (χ3v) is 6.68. The summed E-state index contributed by atoms with van der Waals surface area (Å²) in [6.45, 7) is 3.32. The standard InChI is InChI=1S/C20H31N3O3S/c24-27(25,20-10-6-9-19-18(20)11-16-26-19)23-13-5-4-12-21-14-15-22-17-7-2-1-3-8-17/h6,9-11,16-17,21-23H,1-5,7-8,12-15H2. The summed E-state index contributed by atoms with van der Waals surface area (Å²) in [4.78, 5) is 0.278. The zero-order chi connectivity index (χ0) is 19.0. The largest absolute Gasteiger partial charge is 0.464 e. The van der Waals surface area contributed by atoms with Gasteiger partial charge in [-0.3, -0.25) is 0 Å². The van der Waals surface area contributed by atoms with Gasteiger partial charge in [0.25, 0.3) is 0 Å². The van der Waals surface area contributed by atoms with E-state index in [0.717, 1.165) is 32.5 Å². The van der Waals surface area contributed by atoms with Crippen LogP contribution in [0.25, 0.3) is 11.0 Å². The summed E-state index contributed by atoms with van der Waals surface area (Å²) < 4.78 is 33.0. The molecule has 1 aliphatic rings. The van der Waals surface area contributed by atoms with Crippen molar-refractivity contribution in [1.82, 2.24) is 15.4 Å². The van der Waals surface area contributed by atoms with Gasteiger partial charge in [-0.05, 0) is 50.4 Å². The second-order valence-electron chi connectivity index (χ2n) is 7.23. The van der Waals surface area contributed by atoms with Gasteiger partial charge in [0.05, 0.1) is 11.2 Å². The molecule has 27 heavy (non-hydrogen) atoms. The average molecular weight is 394 g/mol. The number of hydrogen-bond donors (Lipinski definition) is 3. The monoisotopic (exact) mass is 393 g/mol. The summed E-state index contributed by atoms with van der Waals surface area (Å²) in [6.07, 6.45) is 9.99. The third kappa shape index (κ3) is 6.04. The molecule has 1 fully saturated rings. The molecule has 0 amide bonds. The SMILES string of the molecule is O=S(=O)(NCCCCNCCNC1CCCCC1)c1cccc2occc12. The highest BCUT2D eigenvalue weighted by Gasteiger charge is 2.17. The van der Waals surface area contributed by atoms with Crippen LogP contribution in [0.15, 0.2) is 39.8 Å². The van der Waals surface area contributed by atoms with E-state index < -0.39 is 10.0 Å². The van der Waals surface area contributed by atoms with Gasteiger partial charge in [0.2, 0.25) is 10.0 Å². The number of unbranched alkanes of at least 4 members (excludes halogenated alkanes) is 1. The first-order valence-electron chi connectivity index (χ1n) is 10.1. The normalized spacial score (nSPS) is 16.1. The lowest BCUT2D eigenvalue weighted by Gasteiger charge is -2.22. The quantitative estimate of drug-likeness (QED) is 0.511. The van der Waals surface area contributed by atoms with Crippen LogP contribution in [0, 0.1) is 0 Å². The molecule has 0 unspecified atom stereocenters. The second-order valence-corrected chi connectivity index (χ2v) is 8.97. The van der Waals surface area contributed by atoms with Crippen LogP contribution in [0.2, 0.25) is 0 Å². The van der Waals surface area contributed by atoms with Gasteiger partial charge in [-0.1, -0.05) is 25.3 Å². The van der Waals surface area contributed by atoms with E-state index in [1.165, 1.54) is 38.4 Å². The summed E-state index contributed by atoms with van der Waals surface area (Å²) in [5, 5.41) is 7.66. The predicted molar refractivity (Wildman–Crippen MR) is 108 cm³/mol. The molecular weight excluding hydrogens is 362 g/mol. The van der Waals surface area contributed by atoms with Crippen molar-refractivity contribution in [2.75, 3.05) is 26.2 Å². The molecule has 2 aromatic rings. The Morgan fingerprint density at radius 2 is 1.78 bits per heavy atom. The Kier molecular flexibility index (Phi) is 7.70. The molecule has 0 saturated heterocycles. The maximum absolute atomic E-state index is 12.5. The summed E-state index contributed by atoms with van der Waals surface area (Å²) in [5.74, 6) is 0. The highest BCUT2D eigenvalue weighted by atomic mass is 32.2. The number of nitrogens with one attached hydrogen (secondary N) is 3. The van der Waals surface area contributed by atoms with Crippen molar-refractivity contribution >= 4 is 21.0 Å². The van der Waals surface area contributed by atoms with Crippen LogP contribution < -0.4 is 15.4 Å². The number of hydrogen-bond acceptors (Lipinski definition) is 5. The van der Waals surface area contributed by atoms with Crippen molar-refractivity contribution in [1.29, 1.82) is 0 Å². The van der Waals surface area contributed by atoms with E-state index in [0.29, 0.717) is 23.6 Å². The fourth-order valence-corrected chi connectivity index (χ4v) is 4.94. The van der Waals surface area contributed by atoms with E-state index in [2.05, 4.69) is 15.4 Å². The fourth-order valence-electron chi connectivity index (χ4n) is 3.66. The van der Waals surface area contributed by atoms with Crippen LogP contribution in [0.5, 0.6) is 0 Å². The Labute approximate surface area is 162 Å². The molecular formula is C20H31N3O3S. The maximum Gasteiger partial charge on any atom is 0.241 e. The van der Waals surface area contributed by atoms with Gasteiger partial charge >= 0.3 is 0 Å². The number of rotatable bonds is 11. The first kappa shape index (κ1) is 20.3. The Morgan fingerprint density at radius 1 is 0.963 bits per heavy atom. The van der Waals surface area contributed by atoms with Gasteiger partial charge < -0.3 is 15.1 Å². The van der Waals surface area contributed by atoms with Gasteiger partial charge in [0, 0.05) is 31.1 Å². The van der Waals surface area contributed by atoms with Crippen molar-refractivity contribution in [2.24, 2.45) is 0 Å². The summed E-state index contributed by atoms with van der Waals surface area (Å²) in [6, 6.07) is 7.47. The molecule has 6 nitrogen and oxygen atoms in total. The maximum atomic E-state index is 12.5. The minimum atomic E-state index is -3.51. The number of fused-ring (bicyclic) bond motifs is 1. The van der Waals surface area contributed by atoms with Crippen LogP contribution >= 0.6 is 0 Å². The average Bonchev–Trinajstić information content (AvgIpc) is 3.16. The lowest BCUT2D eigenvalue weighted by atomic mass is 9.95. The van der Waals surface area contributed by atoms with E-state index in [-0.39, 0.29) is 4.90 Å². The smallest absolute Gasteiger partial charge is 0.241 e. The van der Waals surface area contributed by atoms with Crippen molar-refractivity contribution < 1.29 is 12.8 Å². The molecule has 3 rings (SSSR count). The minimum Gasteiger partial charge on any atom is -0.464 e. The third-order valence-electron chi connectivity index (χ3n) is 5.16. The van der Waals surface area contributed by atoms with E-state index >= 15 is 0 Å². The number of sulfonamides is 1. The molecule has 7 heteroatoms. The van der Waals surface area contributed by atoms with Gasteiger partial charge in [0.1, 0.15) is 5.58 Å². The zero-order valence-electron chi connectivity index (χ0n) is 15.9. The van der Waals surface area contributed by atoms with Crippen molar-refractivity contribution in [2.45, 2.75) is 55.9 Å². The summed E-state index contributed by atoms with van der Waals surface area (Å²) in [7, 11) is -3.51. The first-order valence-corrected chi connectivity index (χ1v) is 11.5. The van der Waals surface area contributed by atoms with Crippen LogP contribution in [0.4, 0.5) is 0 Å². The Hall–Kier alpha value is -1.41. The lowest BCUT2D eigenvalue weighted by Crippen LogP contribution is -2.36. The Balaban J connectivity index is 1.28. The second kappa shape index (κ2) is 10.2. The van der Waals surface area contributed by atoms with E-state index in [1.807, 2.05) is 0 Å². The van der Waals surface area contributed by atoms with Crippen LogP contribution in [0.1, 0.15) is 44.9 Å². The predicted octanol–water partition coefficient (Wildman–Crippen LogP) is 3.00. The molecule has 0 aliphatic heterocycles. The highest BCUT2D eigenvalue weighted by molar-refractivity contribution is 7.89. The van der Waals surface area contributed by atoms with Crippen LogP contribution in [0.3, 0.4) is 0 Å². The van der Waals surface area contributed by atoms with Crippen LogP contribution in [-0.2, 0) is 10.0 Å². The lowest BCUT2D eigenvalue weighted by molar-refractivity contribution is 0.372. The van der Waals surface area contributed by atoms with Crippen molar-refractivity contribution in [3.63, 3.8) is 0 Å². The Morgan fingerprint density at radius 3 is 2.63 bits per heavy atom. The number of furan rings is 1. The van der Waals surface area contributed by atoms with E-state index in [9.17, 15) is 8.42 Å². The van der Waals surface area contributed by atoms with Gasteiger partial charge in [-0.25, -0.2) is 13.1 Å². The molecule has 1 aromatic carbocycles. The summed E-state index contributed by atoms with van der Waals surface area (Å²) >= 11 is 0. The fraction of sp³-hybridized carbons (Fsp3) is 0.600. The molecule has 1 aromatic heterocycles. The first-order chi connectivity index (χ1) is 13.2. The molecule has 1 saturated carbocycles. The van der Waals surface area contributed by atoms with E-state index in [1.54, 1.807) is 24.3 Å². The van der Waals surface area contributed by atoms with Gasteiger partial charge in [0.15, 0.2) is 0 Å². The molecule has 1 aliphatic carbocycles. The topological polar surface area (TPSA) is 83.4 Å². The molecule has 0 atom stereocenters. The summed E-state index contributed by atoms with van der Waals surface area (Å²) in [5.41, 5.74) is 0.587. The molecule has 150 valence electrons. The minimum absolute atomic E-state index is 0.278. The molecule has 1 heterocycles. The van der Waals surface area contributed by atoms with Crippen molar-refractivity contribution in [3.05, 3.63) is 30.5 Å². The Bertz CT molecular complexity index is 798. The van der Waals surface area contributed by atoms with Gasteiger partial charge in [-0.15, -0.1) is 0 Å². The van der Waals surface area contributed by atoms with E-state index in [4.69, 9.17) is 4.42 Å². The van der Waals surface area contributed by atoms with Crippen LogP contribution in [-0.4, -0.2) is 40.6 Å². The molecule has 0 radical (unpaired) electrons. The highest BCUT2D eigenvalue weighted by Crippen LogP contribution is 2.23.